The normalized spacial score (nSPS) is 17.9. The van der Waals surface area contributed by atoms with Crippen molar-refractivity contribution < 1.29 is 14.3 Å². The van der Waals surface area contributed by atoms with E-state index >= 15 is 0 Å². The molecule has 2 atom stereocenters. The summed E-state index contributed by atoms with van der Waals surface area (Å²) in [6.07, 6.45) is 2.98. The maximum Gasteiger partial charge on any atom is 0.251 e. The smallest absolute Gasteiger partial charge is 0.251 e. The Hall–Kier alpha value is -3.23. The van der Waals surface area contributed by atoms with Crippen molar-refractivity contribution in [1.29, 1.82) is 0 Å². The van der Waals surface area contributed by atoms with Gasteiger partial charge in [-0.1, -0.05) is 23.5 Å². The third kappa shape index (κ3) is 3.24. The van der Waals surface area contributed by atoms with Gasteiger partial charge in [0.05, 0.1) is 28.1 Å². The van der Waals surface area contributed by atoms with Gasteiger partial charge in [-0.05, 0) is 36.8 Å². The minimum Gasteiger partial charge on any atom is -0.379 e. The summed E-state index contributed by atoms with van der Waals surface area (Å²) in [6.45, 7) is 0. The zero-order valence-electron chi connectivity index (χ0n) is 16.5. The fourth-order valence-electron chi connectivity index (χ4n) is 3.55. The Morgan fingerprint density at radius 1 is 1.13 bits per heavy atom. The number of carbonyl (C=O) groups is 2. The van der Waals surface area contributed by atoms with Gasteiger partial charge in [0, 0.05) is 37.0 Å². The van der Waals surface area contributed by atoms with E-state index in [1.165, 1.54) is 0 Å². The molecule has 7 nitrogen and oxygen atoms in total. The van der Waals surface area contributed by atoms with E-state index in [0.29, 0.717) is 11.1 Å². The topological polar surface area (TPSA) is 84.7 Å². The van der Waals surface area contributed by atoms with E-state index < -0.39 is 0 Å². The van der Waals surface area contributed by atoms with E-state index in [1.54, 1.807) is 37.6 Å². The van der Waals surface area contributed by atoms with E-state index in [-0.39, 0.29) is 24.0 Å². The van der Waals surface area contributed by atoms with Crippen molar-refractivity contribution in [1.82, 2.24) is 20.0 Å². The Kier molecular flexibility index (Phi) is 4.52. The molecule has 2 amide bonds. The van der Waals surface area contributed by atoms with Crippen molar-refractivity contribution in [3.05, 3.63) is 59.8 Å². The molecule has 4 aromatic rings. The molecule has 152 valence electrons. The van der Waals surface area contributed by atoms with Gasteiger partial charge in [-0.25, -0.2) is 4.98 Å². The van der Waals surface area contributed by atoms with Crippen molar-refractivity contribution in [2.75, 3.05) is 14.2 Å². The van der Waals surface area contributed by atoms with E-state index in [0.717, 1.165) is 32.9 Å². The number of hydrogen-bond acceptors (Lipinski definition) is 5. The van der Waals surface area contributed by atoms with Gasteiger partial charge in [0.1, 0.15) is 0 Å². The number of ether oxygens (including phenoxy) is 1. The maximum absolute atomic E-state index is 12.5. The van der Waals surface area contributed by atoms with Gasteiger partial charge >= 0.3 is 0 Å². The number of thiazole rings is 1. The number of amides is 2. The monoisotopic (exact) mass is 420 g/mol. The lowest BCUT2D eigenvalue weighted by atomic mass is 10.1. The molecule has 1 aliphatic carbocycles. The number of imidazole rings is 1. The fraction of sp³-hybridized carbons (Fsp3) is 0.227. The third-order valence-corrected chi connectivity index (χ3v) is 6.39. The predicted molar refractivity (Wildman–Crippen MR) is 116 cm³/mol. The number of hydrogen-bond donors (Lipinski definition) is 2. The molecule has 0 saturated heterocycles. The van der Waals surface area contributed by atoms with Crippen LogP contribution < -0.4 is 10.6 Å². The minimum absolute atomic E-state index is 0.0793. The van der Waals surface area contributed by atoms with Crippen LogP contribution in [0.3, 0.4) is 0 Å². The number of rotatable bonds is 5. The molecule has 1 aliphatic rings. The van der Waals surface area contributed by atoms with Crippen LogP contribution in [0.5, 0.6) is 0 Å². The van der Waals surface area contributed by atoms with Crippen molar-refractivity contribution in [3.8, 4) is 11.3 Å². The molecule has 1 fully saturated rings. The lowest BCUT2D eigenvalue weighted by Crippen LogP contribution is -2.27. The molecular formula is C22H20N4O3S. The molecule has 30 heavy (non-hydrogen) atoms. The summed E-state index contributed by atoms with van der Waals surface area (Å²) in [6, 6.07) is 13.2. The number of carbonyl (C=O) groups excluding carboxylic acids is 2. The number of benzene rings is 2. The van der Waals surface area contributed by atoms with Gasteiger partial charge in [-0.15, -0.1) is 0 Å². The Balaban J connectivity index is 1.42. The molecule has 2 unspecified atom stereocenters. The van der Waals surface area contributed by atoms with Crippen LogP contribution in [0.4, 0.5) is 0 Å². The second-order valence-electron chi connectivity index (χ2n) is 7.31. The molecule has 0 aliphatic heterocycles. The number of methoxy groups -OCH3 is 1. The van der Waals surface area contributed by atoms with Crippen LogP contribution in [-0.2, 0) is 4.74 Å². The third-order valence-electron chi connectivity index (χ3n) is 5.38. The van der Waals surface area contributed by atoms with Crippen LogP contribution in [0.1, 0.15) is 27.1 Å². The number of nitrogens with zero attached hydrogens (tertiary/aromatic N) is 2. The second kappa shape index (κ2) is 7.23. The molecular weight excluding hydrogens is 400 g/mol. The highest BCUT2D eigenvalue weighted by molar-refractivity contribution is 7.23. The quantitative estimate of drug-likeness (QED) is 0.520. The first-order valence-corrected chi connectivity index (χ1v) is 10.5. The minimum atomic E-state index is -0.113. The van der Waals surface area contributed by atoms with Gasteiger partial charge in [-0.3, -0.25) is 14.0 Å². The lowest BCUT2D eigenvalue weighted by Gasteiger charge is -2.04. The van der Waals surface area contributed by atoms with Crippen molar-refractivity contribution in [2.45, 2.75) is 18.6 Å². The number of fused-ring (bicyclic) bond motifs is 3. The van der Waals surface area contributed by atoms with E-state index in [2.05, 4.69) is 10.6 Å². The molecule has 0 bridgehead atoms. The highest BCUT2D eigenvalue weighted by Crippen LogP contribution is 2.31. The summed E-state index contributed by atoms with van der Waals surface area (Å²) in [5.74, 6) is -0.193. The molecule has 0 spiro atoms. The lowest BCUT2D eigenvalue weighted by molar-refractivity contribution is 0.0933. The SMILES string of the molecule is CNC(=O)c1ccc(-c2cn3c(n2)sc2cc(C(=O)NC4CC4OC)ccc23)cc1. The number of aromatic nitrogens is 2. The van der Waals surface area contributed by atoms with E-state index in [1.807, 2.05) is 40.9 Å². The molecule has 8 heteroatoms. The first kappa shape index (κ1) is 18.8. The summed E-state index contributed by atoms with van der Waals surface area (Å²) in [4.78, 5) is 29.8. The molecule has 5 rings (SSSR count). The molecule has 2 aromatic heterocycles. The summed E-state index contributed by atoms with van der Waals surface area (Å²) in [5, 5.41) is 5.62. The molecule has 2 N–H and O–H groups in total. The highest BCUT2D eigenvalue weighted by Gasteiger charge is 2.38. The van der Waals surface area contributed by atoms with Crippen LogP contribution in [0, 0.1) is 0 Å². The van der Waals surface area contributed by atoms with Gasteiger partial charge < -0.3 is 15.4 Å². The van der Waals surface area contributed by atoms with Gasteiger partial charge in [0.15, 0.2) is 4.96 Å². The molecule has 2 heterocycles. The van der Waals surface area contributed by atoms with Crippen LogP contribution in [0.25, 0.3) is 26.4 Å². The maximum atomic E-state index is 12.5. The highest BCUT2D eigenvalue weighted by atomic mass is 32.1. The average molecular weight is 420 g/mol. The molecule has 0 radical (unpaired) electrons. The summed E-state index contributed by atoms with van der Waals surface area (Å²) < 4.78 is 8.28. The van der Waals surface area contributed by atoms with Crippen molar-refractivity contribution >= 4 is 38.3 Å². The Morgan fingerprint density at radius 3 is 2.60 bits per heavy atom. The number of nitrogens with one attached hydrogen (secondary N) is 2. The molecule has 2 aromatic carbocycles. The standard InChI is InChI=1S/C22H20N4O3S/c1-23-20(27)13-5-3-12(4-6-13)16-11-26-17-8-7-14(9-19(17)30-22(26)25-16)21(28)24-15-10-18(15)29-2/h3-9,11,15,18H,10H2,1-2H3,(H,23,27)(H,24,28). The largest absolute Gasteiger partial charge is 0.379 e. The fourth-order valence-corrected chi connectivity index (χ4v) is 4.60. The van der Waals surface area contributed by atoms with Crippen LogP contribution >= 0.6 is 11.3 Å². The van der Waals surface area contributed by atoms with Crippen LogP contribution in [0.2, 0.25) is 0 Å². The van der Waals surface area contributed by atoms with Gasteiger partial charge in [0.2, 0.25) is 0 Å². The first-order valence-electron chi connectivity index (χ1n) is 9.65. The second-order valence-corrected chi connectivity index (χ2v) is 8.32. The Morgan fingerprint density at radius 2 is 1.90 bits per heavy atom. The summed E-state index contributed by atoms with van der Waals surface area (Å²) in [7, 11) is 3.27. The zero-order chi connectivity index (χ0) is 20.8. The zero-order valence-corrected chi connectivity index (χ0v) is 17.3. The van der Waals surface area contributed by atoms with Gasteiger partial charge in [-0.2, -0.15) is 0 Å². The Bertz CT molecular complexity index is 1280. The first-order chi connectivity index (χ1) is 14.6. The summed E-state index contributed by atoms with van der Waals surface area (Å²) >= 11 is 1.54. The summed E-state index contributed by atoms with van der Waals surface area (Å²) in [5.41, 5.74) is 4.04. The van der Waals surface area contributed by atoms with Crippen molar-refractivity contribution in [3.63, 3.8) is 0 Å². The van der Waals surface area contributed by atoms with Crippen LogP contribution in [-0.4, -0.2) is 47.5 Å². The average Bonchev–Trinajstić information content (AvgIpc) is 3.25. The van der Waals surface area contributed by atoms with Gasteiger partial charge in [0.25, 0.3) is 11.8 Å². The predicted octanol–water partition coefficient (Wildman–Crippen LogP) is 3.09. The van der Waals surface area contributed by atoms with E-state index in [9.17, 15) is 9.59 Å². The van der Waals surface area contributed by atoms with Crippen LogP contribution in [0.15, 0.2) is 48.7 Å². The van der Waals surface area contributed by atoms with E-state index in [4.69, 9.17) is 9.72 Å². The molecule has 1 saturated carbocycles. The Labute approximate surface area is 176 Å². The van der Waals surface area contributed by atoms with Crippen molar-refractivity contribution in [2.24, 2.45) is 0 Å².